The summed E-state index contributed by atoms with van der Waals surface area (Å²) in [6.45, 7) is 2.94. The first kappa shape index (κ1) is 20.0. The van der Waals surface area contributed by atoms with Crippen molar-refractivity contribution >= 4 is 56.2 Å². The third kappa shape index (κ3) is 4.97. The minimum Gasteiger partial charge on any atom is -0.488 e. The molecule has 1 amide bonds. The first-order chi connectivity index (χ1) is 13.0. The van der Waals surface area contributed by atoms with Gasteiger partial charge in [-0.25, -0.2) is 4.39 Å². The van der Waals surface area contributed by atoms with Gasteiger partial charge >= 0.3 is 0 Å². The van der Waals surface area contributed by atoms with Crippen LogP contribution in [0.2, 0.25) is 0 Å². The molecule has 3 rings (SSSR count). The molecule has 1 aliphatic heterocycles. The molecule has 1 fully saturated rings. The fourth-order valence-electron chi connectivity index (χ4n) is 2.56. The average molecular weight is 466 g/mol. The number of nitrogens with zero attached hydrogens (tertiary/aromatic N) is 1. The number of benzene rings is 2. The summed E-state index contributed by atoms with van der Waals surface area (Å²) in [5.74, 6) is 0.289. The van der Waals surface area contributed by atoms with E-state index < -0.39 is 0 Å². The summed E-state index contributed by atoms with van der Waals surface area (Å²) < 4.78 is 20.4. The largest absolute Gasteiger partial charge is 0.488 e. The van der Waals surface area contributed by atoms with Gasteiger partial charge in [-0.15, -0.1) is 0 Å². The lowest BCUT2D eigenvalue weighted by Gasteiger charge is -2.12. The Morgan fingerprint density at radius 1 is 1.26 bits per heavy atom. The Bertz CT molecular complexity index is 899. The summed E-state index contributed by atoms with van der Waals surface area (Å²) in [5.41, 5.74) is 1.64. The van der Waals surface area contributed by atoms with Crippen molar-refractivity contribution in [2.45, 2.75) is 20.0 Å². The Hall–Kier alpha value is -1.70. The van der Waals surface area contributed by atoms with E-state index in [0.29, 0.717) is 28.1 Å². The number of carbonyl (C=O) groups excluding carboxylic acids is 1. The van der Waals surface area contributed by atoms with Crippen molar-refractivity contribution in [1.82, 2.24) is 4.90 Å². The second kappa shape index (κ2) is 8.99. The Morgan fingerprint density at radius 3 is 2.70 bits per heavy atom. The number of ether oxygens (including phenoxy) is 1. The van der Waals surface area contributed by atoms with E-state index in [4.69, 9.17) is 17.0 Å². The van der Waals surface area contributed by atoms with Crippen molar-refractivity contribution in [2.75, 3.05) is 6.54 Å². The lowest BCUT2D eigenvalue weighted by atomic mass is 10.1. The molecule has 0 atom stereocenters. The molecule has 2 aromatic rings. The highest BCUT2D eigenvalue weighted by molar-refractivity contribution is 9.10. The van der Waals surface area contributed by atoms with Crippen molar-refractivity contribution in [2.24, 2.45) is 0 Å². The predicted molar refractivity (Wildman–Crippen MR) is 115 cm³/mol. The Kier molecular flexibility index (Phi) is 6.68. The first-order valence-corrected chi connectivity index (χ1v) is 10.4. The van der Waals surface area contributed by atoms with Crippen LogP contribution in [0.3, 0.4) is 0 Å². The lowest BCUT2D eigenvalue weighted by molar-refractivity contribution is -0.122. The van der Waals surface area contributed by atoms with E-state index in [1.54, 1.807) is 23.1 Å². The zero-order chi connectivity index (χ0) is 19.4. The van der Waals surface area contributed by atoms with E-state index in [1.807, 2.05) is 25.1 Å². The molecule has 27 heavy (non-hydrogen) atoms. The van der Waals surface area contributed by atoms with Gasteiger partial charge < -0.3 is 4.74 Å². The van der Waals surface area contributed by atoms with E-state index in [1.165, 1.54) is 23.9 Å². The zero-order valence-electron chi connectivity index (χ0n) is 14.6. The molecule has 0 N–H and O–H groups in total. The van der Waals surface area contributed by atoms with Gasteiger partial charge in [0.1, 0.15) is 22.5 Å². The maximum Gasteiger partial charge on any atom is 0.266 e. The minimum absolute atomic E-state index is 0.0729. The topological polar surface area (TPSA) is 29.5 Å². The van der Waals surface area contributed by atoms with Crippen LogP contribution in [0.15, 0.2) is 51.8 Å². The number of halogens is 2. The van der Waals surface area contributed by atoms with Crippen LogP contribution in [0, 0.1) is 5.82 Å². The zero-order valence-corrected chi connectivity index (χ0v) is 17.8. The summed E-state index contributed by atoms with van der Waals surface area (Å²) in [5, 5.41) is 0. The Labute approximate surface area is 175 Å². The molecule has 1 saturated heterocycles. The van der Waals surface area contributed by atoms with Crippen LogP contribution >= 0.6 is 39.9 Å². The number of hydrogen-bond acceptors (Lipinski definition) is 4. The number of rotatable bonds is 6. The number of amides is 1. The molecular formula is C20H17BrFNO2S2. The van der Waals surface area contributed by atoms with Gasteiger partial charge in [-0.3, -0.25) is 9.69 Å². The highest BCUT2D eigenvalue weighted by atomic mass is 79.9. The van der Waals surface area contributed by atoms with Crippen molar-refractivity contribution in [3.05, 3.63) is 68.8 Å². The van der Waals surface area contributed by atoms with Crippen LogP contribution in [-0.2, 0) is 11.4 Å². The van der Waals surface area contributed by atoms with Crippen molar-refractivity contribution in [1.29, 1.82) is 0 Å². The number of carbonyl (C=O) groups is 1. The second-order valence-electron chi connectivity index (χ2n) is 5.93. The second-order valence-corrected chi connectivity index (χ2v) is 8.52. The maximum absolute atomic E-state index is 13.0. The SMILES string of the molecule is CCCN1C(=O)/C(=C\c2cc(Br)ccc2OCc2ccc(F)cc2)SC1=S. The third-order valence-electron chi connectivity index (χ3n) is 3.89. The van der Waals surface area contributed by atoms with E-state index in [2.05, 4.69) is 15.9 Å². The molecule has 140 valence electrons. The molecule has 3 nitrogen and oxygen atoms in total. The molecule has 0 bridgehead atoms. The monoisotopic (exact) mass is 465 g/mol. The quantitative estimate of drug-likeness (QED) is 0.399. The molecule has 1 aliphatic rings. The van der Waals surface area contributed by atoms with Gasteiger partial charge in [0.05, 0.1) is 4.91 Å². The van der Waals surface area contributed by atoms with Gasteiger partial charge in [0.2, 0.25) is 0 Å². The summed E-state index contributed by atoms with van der Waals surface area (Å²) in [7, 11) is 0. The van der Waals surface area contributed by atoms with Gasteiger partial charge in [0, 0.05) is 16.6 Å². The van der Waals surface area contributed by atoms with Crippen LogP contribution in [0.4, 0.5) is 4.39 Å². The molecular weight excluding hydrogens is 449 g/mol. The van der Waals surface area contributed by atoms with Gasteiger partial charge in [-0.2, -0.15) is 0 Å². The van der Waals surface area contributed by atoms with Gasteiger partial charge in [-0.05, 0) is 48.4 Å². The fraction of sp³-hybridized carbons (Fsp3) is 0.200. The van der Waals surface area contributed by atoms with Crippen LogP contribution in [0.25, 0.3) is 6.08 Å². The van der Waals surface area contributed by atoms with Crippen molar-refractivity contribution in [3.8, 4) is 5.75 Å². The number of hydrogen-bond donors (Lipinski definition) is 0. The van der Waals surface area contributed by atoms with E-state index in [-0.39, 0.29) is 11.7 Å². The van der Waals surface area contributed by atoms with Crippen LogP contribution in [0.5, 0.6) is 5.75 Å². The summed E-state index contributed by atoms with van der Waals surface area (Å²) in [6.07, 6.45) is 2.66. The molecule has 2 aromatic carbocycles. The number of thiocarbonyl (C=S) groups is 1. The van der Waals surface area contributed by atoms with E-state index >= 15 is 0 Å². The van der Waals surface area contributed by atoms with Crippen LogP contribution < -0.4 is 4.74 Å². The normalized spacial score (nSPS) is 15.7. The first-order valence-electron chi connectivity index (χ1n) is 8.40. The molecule has 0 unspecified atom stereocenters. The standard InChI is InChI=1S/C20H17BrFNO2S2/c1-2-9-23-19(24)18(27-20(23)26)11-14-10-15(21)5-8-17(14)25-12-13-3-6-16(22)7-4-13/h3-8,10-11H,2,9,12H2,1H3/b18-11+. The van der Waals surface area contributed by atoms with Gasteiger partial charge in [0.25, 0.3) is 5.91 Å². The highest BCUT2D eigenvalue weighted by Gasteiger charge is 2.31. The van der Waals surface area contributed by atoms with E-state index in [0.717, 1.165) is 22.0 Å². The van der Waals surface area contributed by atoms with Crippen LogP contribution in [-0.4, -0.2) is 21.7 Å². The van der Waals surface area contributed by atoms with Gasteiger partial charge in [0.15, 0.2) is 0 Å². The predicted octanol–water partition coefficient (Wildman–Crippen LogP) is 5.78. The fourth-order valence-corrected chi connectivity index (χ4v) is 4.24. The molecule has 0 aromatic heterocycles. The average Bonchev–Trinajstić information content (AvgIpc) is 2.90. The van der Waals surface area contributed by atoms with Crippen molar-refractivity contribution < 1.29 is 13.9 Å². The van der Waals surface area contributed by atoms with Gasteiger partial charge in [-0.1, -0.05) is 59.0 Å². The molecule has 0 aliphatic carbocycles. The summed E-state index contributed by atoms with van der Waals surface area (Å²) in [6, 6.07) is 11.8. The highest BCUT2D eigenvalue weighted by Crippen LogP contribution is 2.35. The molecule has 0 spiro atoms. The van der Waals surface area contributed by atoms with Crippen LogP contribution in [0.1, 0.15) is 24.5 Å². The van der Waals surface area contributed by atoms with E-state index in [9.17, 15) is 9.18 Å². The smallest absolute Gasteiger partial charge is 0.266 e. The molecule has 0 saturated carbocycles. The summed E-state index contributed by atoms with van der Waals surface area (Å²) in [4.78, 5) is 14.8. The number of thioether (sulfide) groups is 1. The minimum atomic E-state index is -0.280. The molecule has 0 radical (unpaired) electrons. The third-order valence-corrected chi connectivity index (χ3v) is 5.76. The summed E-state index contributed by atoms with van der Waals surface area (Å²) >= 11 is 10.1. The molecule has 7 heteroatoms. The maximum atomic E-state index is 13.0. The van der Waals surface area contributed by atoms with Crippen molar-refractivity contribution in [3.63, 3.8) is 0 Å². The lowest BCUT2D eigenvalue weighted by Crippen LogP contribution is -2.28. The molecule has 1 heterocycles. The Morgan fingerprint density at radius 2 is 2.00 bits per heavy atom. The Balaban J connectivity index is 1.83.